The Hall–Kier alpha value is 1.03. The molecule has 1 aliphatic rings. The second-order valence-electron chi connectivity index (χ2n) is 6.24. The average molecular weight is 745 g/mol. The molecular weight excluding hydrogens is 728 g/mol. The number of ether oxygens (including phenoxy) is 1. The van der Waals surface area contributed by atoms with Crippen LogP contribution in [0.3, 0.4) is 0 Å². The molecule has 0 saturated heterocycles. The Morgan fingerprint density at radius 3 is 2.37 bits per heavy atom. The normalized spacial score (nSPS) is 18.6. The number of nitrogens with one attached hydrogen (secondary N) is 1. The van der Waals surface area contributed by atoms with Gasteiger partial charge >= 0.3 is 15.5 Å². The number of aliphatic hydroxyl groups excluding tert-OH is 1. The van der Waals surface area contributed by atoms with E-state index in [1.807, 2.05) is 6.07 Å². The number of hydrogen-bond acceptors (Lipinski definition) is 4. The third-order valence-electron chi connectivity index (χ3n) is 4.34. The summed E-state index contributed by atoms with van der Waals surface area (Å²) in [7, 11) is -5.39. The van der Waals surface area contributed by atoms with Gasteiger partial charge in [-0.2, -0.15) is 13.2 Å². The van der Waals surface area contributed by atoms with Crippen LogP contribution in [0.2, 0.25) is 0 Å². The third-order valence-corrected chi connectivity index (χ3v) is 9.24. The molecule has 5 nitrogen and oxygen atoms in total. The lowest BCUT2D eigenvalue weighted by Crippen LogP contribution is -2.41. The summed E-state index contributed by atoms with van der Waals surface area (Å²) in [6.07, 6.45) is 1.53. The van der Waals surface area contributed by atoms with E-state index in [2.05, 4.69) is 67.8 Å². The first-order valence-corrected chi connectivity index (χ1v) is 12.7. The van der Waals surface area contributed by atoms with Crippen LogP contribution in [0.4, 0.5) is 13.2 Å². The van der Waals surface area contributed by atoms with E-state index in [4.69, 9.17) is 4.74 Å². The molecule has 2 N–H and O–H groups in total. The molecule has 0 heterocycles. The SMILES string of the molecule is O=S(=O)(NCCC1(OC(O)c2cc(I)cc(I)c2I)CCCC1)C(F)(F)F. The number of hydrogen-bond donors (Lipinski definition) is 2. The van der Waals surface area contributed by atoms with Gasteiger partial charge in [0.1, 0.15) is 0 Å². The minimum atomic E-state index is -5.39. The van der Waals surface area contributed by atoms with Gasteiger partial charge in [-0.15, -0.1) is 0 Å². The Bertz CT molecular complexity index is 783. The number of halogens is 6. The zero-order valence-corrected chi connectivity index (χ0v) is 21.1. The van der Waals surface area contributed by atoms with Gasteiger partial charge in [0.25, 0.3) is 0 Å². The fourth-order valence-corrected chi connectivity index (χ4v) is 6.00. The molecule has 154 valence electrons. The van der Waals surface area contributed by atoms with Crippen LogP contribution in [0.5, 0.6) is 0 Å². The van der Waals surface area contributed by atoms with Gasteiger partial charge in [-0.25, -0.2) is 13.1 Å². The lowest BCUT2D eigenvalue weighted by atomic mass is 9.97. The summed E-state index contributed by atoms with van der Waals surface area (Å²) in [5.74, 6) is 0. The van der Waals surface area contributed by atoms with Crippen LogP contribution in [-0.4, -0.2) is 31.2 Å². The van der Waals surface area contributed by atoms with Crippen molar-refractivity contribution >= 4 is 77.8 Å². The van der Waals surface area contributed by atoms with Gasteiger partial charge in [-0.3, -0.25) is 0 Å². The van der Waals surface area contributed by atoms with Crippen molar-refractivity contribution < 1.29 is 31.4 Å². The van der Waals surface area contributed by atoms with Crippen molar-refractivity contribution in [3.8, 4) is 0 Å². The Kier molecular flexibility index (Phi) is 8.50. The number of benzene rings is 1. The highest BCUT2D eigenvalue weighted by atomic mass is 127. The Morgan fingerprint density at radius 1 is 1.22 bits per heavy atom. The average Bonchev–Trinajstić information content (AvgIpc) is 2.97. The molecular formula is C15H17F3I3NO4S. The maximum absolute atomic E-state index is 12.5. The van der Waals surface area contributed by atoms with Crippen LogP contribution >= 0.6 is 67.8 Å². The molecule has 2 rings (SSSR count). The third kappa shape index (κ3) is 6.26. The van der Waals surface area contributed by atoms with Gasteiger partial charge in [-0.05, 0) is 99.2 Å². The Morgan fingerprint density at radius 2 is 1.81 bits per heavy atom. The minimum Gasteiger partial charge on any atom is -0.364 e. The van der Waals surface area contributed by atoms with Gasteiger partial charge < -0.3 is 9.84 Å². The summed E-state index contributed by atoms with van der Waals surface area (Å²) in [5.41, 5.74) is -5.61. The number of rotatable bonds is 7. The van der Waals surface area contributed by atoms with Crippen molar-refractivity contribution in [2.45, 2.75) is 49.5 Å². The van der Waals surface area contributed by atoms with Crippen LogP contribution in [0.25, 0.3) is 0 Å². The standard InChI is InChI=1S/C15H17F3I3NO4S/c16-15(17,18)27(24,25)22-6-5-14(3-1-2-4-14)26-13(23)10-7-9(19)8-11(20)12(10)21/h7-8,13,22-23H,1-6H2. The summed E-state index contributed by atoms with van der Waals surface area (Å²) in [5, 5.41) is 10.6. The first-order chi connectivity index (χ1) is 12.4. The summed E-state index contributed by atoms with van der Waals surface area (Å²) in [4.78, 5) is 0. The second-order valence-corrected chi connectivity index (χ2v) is 11.5. The zero-order chi connectivity index (χ0) is 20.5. The van der Waals surface area contributed by atoms with Crippen molar-refractivity contribution in [3.63, 3.8) is 0 Å². The Labute approximate surface area is 196 Å². The predicted octanol–water partition coefficient (Wildman–Crippen LogP) is 4.65. The molecule has 1 fully saturated rings. The Balaban J connectivity index is 2.11. The highest BCUT2D eigenvalue weighted by Gasteiger charge is 2.46. The maximum atomic E-state index is 12.5. The smallest absolute Gasteiger partial charge is 0.364 e. The lowest BCUT2D eigenvalue weighted by molar-refractivity contribution is -0.190. The van der Waals surface area contributed by atoms with Crippen LogP contribution in [-0.2, 0) is 14.8 Å². The highest BCUT2D eigenvalue weighted by molar-refractivity contribution is 14.1. The molecule has 12 heteroatoms. The largest absolute Gasteiger partial charge is 0.511 e. The first kappa shape index (κ1) is 24.3. The first-order valence-electron chi connectivity index (χ1n) is 7.93. The summed E-state index contributed by atoms with van der Waals surface area (Å²) in [6.45, 7) is -0.407. The number of alkyl halides is 3. The molecule has 1 saturated carbocycles. The van der Waals surface area contributed by atoms with E-state index < -0.39 is 34.0 Å². The van der Waals surface area contributed by atoms with Gasteiger partial charge in [-0.1, -0.05) is 12.8 Å². The van der Waals surface area contributed by atoms with Gasteiger partial charge in [0.2, 0.25) is 0 Å². The molecule has 0 spiro atoms. The maximum Gasteiger partial charge on any atom is 0.511 e. The van der Waals surface area contributed by atoms with Crippen molar-refractivity contribution in [1.29, 1.82) is 0 Å². The van der Waals surface area contributed by atoms with E-state index in [1.165, 1.54) is 0 Å². The quantitative estimate of drug-likeness (QED) is 0.243. The topological polar surface area (TPSA) is 75.6 Å². The number of sulfonamides is 1. The van der Waals surface area contributed by atoms with Gasteiger partial charge in [0, 0.05) is 22.8 Å². The van der Waals surface area contributed by atoms with E-state index in [0.717, 1.165) is 23.6 Å². The molecule has 1 aromatic rings. The molecule has 0 aromatic heterocycles. The van der Waals surface area contributed by atoms with E-state index in [0.29, 0.717) is 18.4 Å². The molecule has 0 radical (unpaired) electrons. The van der Waals surface area contributed by atoms with Crippen LogP contribution < -0.4 is 4.72 Å². The minimum absolute atomic E-state index is 0.0525. The molecule has 0 amide bonds. The predicted molar refractivity (Wildman–Crippen MR) is 119 cm³/mol. The fraction of sp³-hybridized carbons (Fsp3) is 0.600. The van der Waals surface area contributed by atoms with E-state index in [9.17, 15) is 26.7 Å². The molecule has 0 bridgehead atoms. The molecule has 27 heavy (non-hydrogen) atoms. The number of aliphatic hydroxyl groups is 1. The molecule has 0 aliphatic heterocycles. The van der Waals surface area contributed by atoms with Crippen LogP contribution in [0.15, 0.2) is 12.1 Å². The molecule has 1 atom stereocenters. The zero-order valence-electron chi connectivity index (χ0n) is 13.8. The monoisotopic (exact) mass is 745 g/mol. The van der Waals surface area contributed by atoms with Crippen LogP contribution in [0.1, 0.15) is 44.0 Å². The summed E-state index contributed by atoms with van der Waals surface area (Å²) < 4.78 is 69.9. The summed E-state index contributed by atoms with van der Waals surface area (Å²) in [6, 6.07) is 3.75. The van der Waals surface area contributed by atoms with E-state index in [-0.39, 0.29) is 6.42 Å². The molecule has 1 unspecified atom stereocenters. The van der Waals surface area contributed by atoms with Crippen molar-refractivity contribution in [3.05, 3.63) is 28.4 Å². The van der Waals surface area contributed by atoms with Crippen molar-refractivity contribution in [2.24, 2.45) is 0 Å². The molecule has 1 aliphatic carbocycles. The van der Waals surface area contributed by atoms with Gasteiger partial charge in [0.05, 0.1) is 5.60 Å². The lowest BCUT2D eigenvalue weighted by Gasteiger charge is -2.32. The van der Waals surface area contributed by atoms with Crippen molar-refractivity contribution in [2.75, 3.05) is 6.54 Å². The fourth-order valence-electron chi connectivity index (χ4n) is 3.00. The van der Waals surface area contributed by atoms with E-state index in [1.54, 1.807) is 10.8 Å². The van der Waals surface area contributed by atoms with E-state index >= 15 is 0 Å². The molecule has 1 aromatic carbocycles. The van der Waals surface area contributed by atoms with Crippen LogP contribution in [0, 0.1) is 10.7 Å². The van der Waals surface area contributed by atoms with Gasteiger partial charge in [0.15, 0.2) is 6.29 Å². The highest BCUT2D eigenvalue weighted by Crippen LogP contribution is 2.40. The second kappa shape index (κ2) is 9.45. The summed E-state index contributed by atoms with van der Waals surface area (Å²) >= 11 is 6.39. The van der Waals surface area contributed by atoms with Crippen molar-refractivity contribution in [1.82, 2.24) is 4.72 Å².